The minimum Gasteiger partial charge on any atom is -0.497 e. The van der Waals surface area contributed by atoms with Crippen molar-refractivity contribution in [1.82, 2.24) is 19.8 Å². The third kappa shape index (κ3) is 6.51. The lowest BCUT2D eigenvalue weighted by Gasteiger charge is -2.36. The number of pyridine rings is 1. The van der Waals surface area contributed by atoms with Crippen molar-refractivity contribution < 1.29 is 19.1 Å². The van der Waals surface area contributed by atoms with E-state index in [1.54, 1.807) is 31.8 Å². The normalized spacial score (nSPS) is 16.0. The zero-order valence-electron chi connectivity index (χ0n) is 23.5. The number of ether oxygens (including phenoxy) is 2. The SMILES string of the molecule is C=CCSc1ncccc1C(=O)N1CCC(c2nc(C(=O)N3CCN(c4ccc(OC)cc4OC)CC3)cs2)CC1. The van der Waals surface area contributed by atoms with Gasteiger partial charge in [-0.3, -0.25) is 9.59 Å². The summed E-state index contributed by atoms with van der Waals surface area (Å²) in [5.74, 6) is 2.45. The van der Waals surface area contributed by atoms with Crippen molar-refractivity contribution in [3.63, 3.8) is 0 Å². The Morgan fingerprint density at radius 3 is 2.51 bits per heavy atom. The number of benzene rings is 1. The Morgan fingerprint density at radius 1 is 1.05 bits per heavy atom. The van der Waals surface area contributed by atoms with Gasteiger partial charge in [-0.05, 0) is 37.1 Å². The fraction of sp³-hybridized carbons (Fsp3) is 0.400. The van der Waals surface area contributed by atoms with Crippen LogP contribution in [0.1, 0.15) is 44.6 Å². The first-order valence-corrected chi connectivity index (χ1v) is 15.6. The van der Waals surface area contributed by atoms with E-state index in [2.05, 4.69) is 16.5 Å². The summed E-state index contributed by atoms with van der Waals surface area (Å²) in [6, 6.07) is 9.45. The molecule has 0 unspecified atom stereocenters. The maximum Gasteiger partial charge on any atom is 0.273 e. The van der Waals surface area contributed by atoms with Crippen LogP contribution in [0.15, 0.2) is 59.6 Å². The number of likely N-dealkylation sites (tertiary alicyclic amines) is 1. The number of hydrogen-bond donors (Lipinski definition) is 0. The van der Waals surface area contributed by atoms with Gasteiger partial charge >= 0.3 is 0 Å². The number of amides is 2. The van der Waals surface area contributed by atoms with E-state index >= 15 is 0 Å². The highest BCUT2D eigenvalue weighted by Crippen LogP contribution is 2.34. The molecule has 0 atom stereocenters. The lowest BCUT2D eigenvalue weighted by atomic mass is 9.97. The zero-order chi connectivity index (χ0) is 28.8. The van der Waals surface area contributed by atoms with Gasteiger partial charge in [-0.1, -0.05) is 6.08 Å². The minimum absolute atomic E-state index is 0.0181. The molecular formula is C30H35N5O4S2. The molecule has 41 heavy (non-hydrogen) atoms. The van der Waals surface area contributed by atoms with Gasteiger partial charge in [0.25, 0.3) is 11.8 Å². The number of hydrogen-bond acceptors (Lipinski definition) is 9. The van der Waals surface area contributed by atoms with Crippen LogP contribution < -0.4 is 14.4 Å². The maximum atomic E-state index is 13.3. The van der Waals surface area contributed by atoms with Crippen molar-refractivity contribution in [2.75, 3.05) is 64.1 Å². The van der Waals surface area contributed by atoms with E-state index in [4.69, 9.17) is 14.5 Å². The van der Waals surface area contributed by atoms with Gasteiger partial charge in [0.2, 0.25) is 0 Å². The summed E-state index contributed by atoms with van der Waals surface area (Å²) in [7, 11) is 3.29. The van der Waals surface area contributed by atoms with Gasteiger partial charge in [-0.2, -0.15) is 0 Å². The predicted octanol–water partition coefficient (Wildman–Crippen LogP) is 4.82. The average molecular weight is 594 g/mol. The third-order valence-corrected chi connectivity index (χ3v) is 9.51. The number of methoxy groups -OCH3 is 2. The third-order valence-electron chi connectivity index (χ3n) is 7.51. The lowest BCUT2D eigenvalue weighted by molar-refractivity contribution is 0.0708. The van der Waals surface area contributed by atoms with Crippen LogP contribution in [0, 0.1) is 0 Å². The van der Waals surface area contributed by atoms with E-state index in [-0.39, 0.29) is 17.7 Å². The zero-order valence-corrected chi connectivity index (χ0v) is 25.1. The Labute approximate surface area is 249 Å². The first kappa shape index (κ1) is 28.9. The fourth-order valence-corrected chi connectivity index (χ4v) is 6.93. The second kappa shape index (κ2) is 13.4. The van der Waals surface area contributed by atoms with Gasteiger partial charge in [0.15, 0.2) is 0 Å². The highest BCUT2D eigenvalue weighted by Gasteiger charge is 2.30. The number of rotatable bonds is 9. The molecular weight excluding hydrogens is 558 g/mol. The van der Waals surface area contributed by atoms with Crippen LogP contribution in [0.25, 0.3) is 0 Å². The summed E-state index contributed by atoms with van der Waals surface area (Å²) >= 11 is 3.07. The molecule has 11 heteroatoms. The van der Waals surface area contributed by atoms with Gasteiger partial charge in [-0.25, -0.2) is 9.97 Å². The van der Waals surface area contributed by atoms with Crippen LogP contribution >= 0.6 is 23.1 Å². The maximum absolute atomic E-state index is 13.3. The Bertz CT molecular complexity index is 1380. The van der Waals surface area contributed by atoms with E-state index < -0.39 is 0 Å². The number of piperazine rings is 1. The van der Waals surface area contributed by atoms with E-state index in [0.29, 0.717) is 56.3 Å². The molecule has 0 aliphatic carbocycles. The Kier molecular flexibility index (Phi) is 9.45. The van der Waals surface area contributed by atoms with Gasteiger partial charge in [0.1, 0.15) is 22.2 Å². The molecule has 4 heterocycles. The van der Waals surface area contributed by atoms with Crippen LogP contribution in [0.4, 0.5) is 5.69 Å². The number of nitrogens with zero attached hydrogens (tertiary/aromatic N) is 5. The van der Waals surface area contributed by atoms with Gasteiger partial charge < -0.3 is 24.2 Å². The largest absolute Gasteiger partial charge is 0.497 e. The molecule has 1 aromatic carbocycles. The molecule has 216 valence electrons. The monoisotopic (exact) mass is 593 g/mol. The summed E-state index contributed by atoms with van der Waals surface area (Å²) in [6.45, 7) is 7.72. The number of aromatic nitrogens is 2. The molecule has 0 N–H and O–H groups in total. The number of thioether (sulfide) groups is 1. The molecule has 2 aliphatic heterocycles. The predicted molar refractivity (Wildman–Crippen MR) is 163 cm³/mol. The summed E-state index contributed by atoms with van der Waals surface area (Å²) < 4.78 is 10.9. The Balaban J connectivity index is 1.15. The molecule has 0 saturated carbocycles. The van der Waals surface area contributed by atoms with Crippen LogP contribution in [0.2, 0.25) is 0 Å². The van der Waals surface area contributed by atoms with E-state index in [0.717, 1.165) is 40.1 Å². The molecule has 2 fully saturated rings. The van der Waals surface area contributed by atoms with Gasteiger partial charge in [-0.15, -0.1) is 29.7 Å². The molecule has 2 aromatic heterocycles. The number of piperidine rings is 1. The first-order valence-electron chi connectivity index (χ1n) is 13.7. The van der Waals surface area contributed by atoms with Gasteiger partial charge in [0, 0.05) is 68.6 Å². The van der Waals surface area contributed by atoms with Crippen LogP contribution in [-0.2, 0) is 0 Å². The summed E-state index contributed by atoms with van der Waals surface area (Å²) in [5.41, 5.74) is 2.15. The average Bonchev–Trinajstić information content (AvgIpc) is 3.53. The van der Waals surface area contributed by atoms with Crippen molar-refractivity contribution >= 4 is 40.6 Å². The molecule has 3 aromatic rings. The Morgan fingerprint density at radius 2 is 1.80 bits per heavy atom. The second-order valence-electron chi connectivity index (χ2n) is 9.91. The molecule has 2 saturated heterocycles. The van der Waals surface area contributed by atoms with Crippen molar-refractivity contribution in [2.45, 2.75) is 23.8 Å². The van der Waals surface area contributed by atoms with Crippen molar-refractivity contribution in [3.8, 4) is 11.5 Å². The fourth-order valence-electron chi connectivity index (χ4n) is 5.24. The van der Waals surface area contributed by atoms with Gasteiger partial charge in [0.05, 0.1) is 30.5 Å². The smallest absolute Gasteiger partial charge is 0.273 e. The molecule has 0 bridgehead atoms. The number of thiazole rings is 1. The standard InChI is InChI=1S/C30H35N5O4S2/c1-4-18-40-28-23(6-5-11-31-28)29(36)34-12-9-21(10-13-34)27-32-24(20-41-27)30(37)35-16-14-33(15-17-35)25-8-7-22(38-2)19-26(25)39-3/h4-8,11,19-21H,1,9-10,12-18H2,2-3H3. The molecule has 0 spiro atoms. The second-order valence-corrected chi connectivity index (χ2v) is 11.8. The quantitative estimate of drug-likeness (QED) is 0.258. The summed E-state index contributed by atoms with van der Waals surface area (Å²) in [4.78, 5) is 41.7. The molecule has 5 rings (SSSR count). The van der Waals surface area contributed by atoms with Crippen LogP contribution in [0.3, 0.4) is 0 Å². The van der Waals surface area contributed by atoms with Crippen molar-refractivity contribution in [1.29, 1.82) is 0 Å². The molecule has 9 nitrogen and oxygen atoms in total. The minimum atomic E-state index is -0.0254. The number of carbonyl (C=O) groups is 2. The molecule has 2 aliphatic rings. The van der Waals surface area contributed by atoms with Crippen molar-refractivity contribution in [3.05, 3.63) is 70.8 Å². The van der Waals surface area contributed by atoms with E-state index in [1.165, 1.54) is 11.8 Å². The first-order chi connectivity index (χ1) is 20.0. The number of anilines is 1. The van der Waals surface area contributed by atoms with E-state index in [9.17, 15) is 9.59 Å². The topological polar surface area (TPSA) is 88.1 Å². The van der Waals surface area contributed by atoms with Crippen LogP contribution in [-0.4, -0.2) is 90.8 Å². The highest BCUT2D eigenvalue weighted by molar-refractivity contribution is 7.99. The summed E-state index contributed by atoms with van der Waals surface area (Å²) in [5, 5.41) is 3.60. The Hall–Kier alpha value is -3.57. The van der Waals surface area contributed by atoms with Crippen LogP contribution in [0.5, 0.6) is 11.5 Å². The molecule has 2 amide bonds. The number of carbonyl (C=O) groups excluding carboxylic acids is 2. The molecule has 0 radical (unpaired) electrons. The van der Waals surface area contributed by atoms with E-state index in [1.807, 2.05) is 51.6 Å². The lowest BCUT2D eigenvalue weighted by Crippen LogP contribution is -2.49. The van der Waals surface area contributed by atoms with Crippen molar-refractivity contribution in [2.24, 2.45) is 0 Å². The highest BCUT2D eigenvalue weighted by atomic mass is 32.2. The summed E-state index contributed by atoms with van der Waals surface area (Å²) in [6.07, 6.45) is 5.18.